The van der Waals surface area contributed by atoms with Crippen molar-refractivity contribution in [2.24, 2.45) is 0 Å². The van der Waals surface area contributed by atoms with E-state index >= 15 is 0 Å². The summed E-state index contributed by atoms with van der Waals surface area (Å²) < 4.78 is 13.6. The van der Waals surface area contributed by atoms with E-state index in [1.54, 1.807) is 12.1 Å². The molecular weight excluding hydrogens is 267 g/mol. The molecule has 0 spiro atoms. The Bertz CT molecular complexity index is 491. The number of aliphatic hydroxyl groups excluding tert-OH is 1. The summed E-state index contributed by atoms with van der Waals surface area (Å²) in [6, 6.07) is 5.03. The van der Waals surface area contributed by atoms with Gasteiger partial charge >= 0.3 is 0 Å². The van der Waals surface area contributed by atoms with Crippen molar-refractivity contribution in [3.05, 3.63) is 35.1 Å². The molecule has 0 heterocycles. The van der Waals surface area contributed by atoms with Crippen molar-refractivity contribution in [3.8, 4) is 11.8 Å². The van der Waals surface area contributed by atoms with Crippen LogP contribution in [0.2, 0.25) is 0 Å². The van der Waals surface area contributed by atoms with Crippen LogP contribution in [0.1, 0.15) is 24.5 Å². The van der Waals surface area contributed by atoms with Crippen LogP contribution in [0.5, 0.6) is 0 Å². The first-order valence-electron chi connectivity index (χ1n) is 7.32. The van der Waals surface area contributed by atoms with Gasteiger partial charge in [0, 0.05) is 19.6 Å². The number of aliphatic hydroxyl groups is 1. The Balaban J connectivity index is 2.78. The number of hydrogen-bond donors (Lipinski definition) is 1. The fraction of sp³-hybridized carbons (Fsp3) is 0.529. The van der Waals surface area contributed by atoms with Gasteiger partial charge in [0.25, 0.3) is 0 Å². The van der Waals surface area contributed by atoms with Crippen molar-refractivity contribution in [2.75, 3.05) is 40.3 Å². The van der Waals surface area contributed by atoms with E-state index < -0.39 is 0 Å². The van der Waals surface area contributed by atoms with Gasteiger partial charge in [-0.15, -0.1) is 0 Å². The standard InChI is InChI=1S/C17H25FN2O/c1-4-9-20(11-10-19(2)3)14-15-7-8-17(18)16(13-15)6-5-12-21/h7-8,13,21H,4,9-12,14H2,1-3H3. The fourth-order valence-corrected chi connectivity index (χ4v) is 2.09. The first kappa shape index (κ1) is 17.6. The molecule has 0 atom stereocenters. The summed E-state index contributed by atoms with van der Waals surface area (Å²) in [6.07, 6.45) is 1.09. The Labute approximate surface area is 127 Å². The second-order valence-electron chi connectivity index (χ2n) is 5.35. The highest BCUT2D eigenvalue weighted by molar-refractivity contribution is 5.38. The summed E-state index contributed by atoms with van der Waals surface area (Å²) >= 11 is 0. The van der Waals surface area contributed by atoms with Gasteiger partial charge in [0.2, 0.25) is 0 Å². The first-order valence-corrected chi connectivity index (χ1v) is 7.32. The molecule has 1 N–H and O–H groups in total. The smallest absolute Gasteiger partial charge is 0.138 e. The first-order chi connectivity index (χ1) is 10.1. The summed E-state index contributed by atoms with van der Waals surface area (Å²) in [6.45, 7) is 5.69. The molecule has 1 aromatic carbocycles. The molecule has 1 aromatic rings. The maximum atomic E-state index is 13.6. The molecule has 0 aliphatic rings. The van der Waals surface area contributed by atoms with Crippen LogP contribution in [0, 0.1) is 17.7 Å². The van der Waals surface area contributed by atoms with Crippen molar-refractivity contribution in [1.29, 1.82) is 0 Å². The van der Waals surface area contributed by atoms with Crippen molar-refractivity contribution in [3.63, 3.8) is 0 Å². The highest BCUT2D eigenvalue weighted by atomic mass is 19.1. The van der Waals surface area contributed by atoms with Gasteiger partial charge in [0.1, 0.15) is 12.4 Å². The minimum atomic E-state index is -0.338. The SMILES string of the molecule is CCCN(CCN(C)C)Cc1ccc(F)c(C#CCO)c1. The lowest BCUT2D eigenvalue weighted by Crippen LogP contribution is -2.32. The molecule has 0 aromatic heterocycles. The third kappa shape index (κ3) is 6.72. The van der Waals surface area contributed by atoms with Crippen molar-refractivity contribution in [1.82, 2.24) is 9.80 Å². The van der Waals surface area contributed by atoms with E-state index in [2.05, 4.69) is 42.7 Å². The molecular formula is C17H25FN2O. The van der Waals surface area contributed by atoms with Crippen LogP contribution in [0.3, 0.4) is 0 Å². The Morgan fingerprint density at radius 3 is 2.57 bits per heavy atom. The Kier molecular flexibility index (Phi) is 7.99. The molecule has 0 saturated heterocycles. The Morgan fingerprint density at radius 2 is 1.95 bits per heavy atom. The molecule has 0 aliphatic heterocycles. The lowest BCUT2D eigenvalue weighted by molar-refractivity contribution is 0.234. The van der Waals surface area contributed by atoms with E-state index in [1.807, 2.05) is 0 Å². The van der Waals surface area contributed by atoms with Gasteiger partial charge in [-0.25, -0.2) is 4.39 Å². The number of nitrogens with zero attached hydrogens (tertiary/aromatic N) is 2. The summed E-state index contributed by atoms with van der Waals surface area (Å²) in [5.74, 6) is 4.82. The molecule has 0 bridgehead atoms. The molecule has 0 radical (unpaired) electrons. The Morgan fingerprint density at radius 1 is 1.19 bits per heavy atom. The van der Waals surface area contributed by atoms with E-state index in [-0.39, 0.29) is 12.4 Å². The molecule has 0 aliphatic carbocycles. The van der Waals surface area contributed by atoms with Gasteiger partial charge in [-0.1, -0.05) is 24.8 Å². The third-order valence-corrected chi connectivity index (χ3v) is 3.14. The quantitative estimate of drug-likeness (QED) is 0.778. The molecule has 116 valence electrons. The van der Waals surface area contributed by atoms with Crippen LogP contribution in [0.25, 0.3) is 0 Å². The monoisotopic (exact) mass is 292 g/mol. The molecule has 21 heavy (non-hydrogen) atoms. The molecule has 0 unspecified atom stereocenters. The Hall–Kier alpha value is -1.41. The second kappa shape index (κ2) is 9.51. The molecule has 1 rings (SSSR count). The number of benzene rings is 1. The van der Waals surface area contributed by atoms with E-state index in [0.29, 0.717) is 5.56 Å². The van der Waals surface area contributed by atoms with Crippen LogP contribution < -0.4 is 0 Å². The highest BCUT2D eigenvalue weighted by Crippen LogP contribution is 2.12. The van der Waals surface area contributed by atoms with E-state index in [0.717, 1.165) is 38.2 Å². The summed E-state index contributed by atoms with van der Waals surface area (Å²) in [4.78, 5) is 4.52. The van der Waals surface area contributed by atoms with Gasteiger partial charge in [0.15, 0.2) is 0 Å². The topological polar surface area (TPSA) is 26.7 Å². The average molecular weight is 292 g/mol. The summed E-state index contributed by atoms with van der Waals surface area (Å²) in [5, 5.41) is 8.72. The second-order valence-corrected chi connectivity index (χ2v) is 5.35. The zero-order chi connectivity index (χ0) is 15.7. The van der Waals surface area contributed by atoms with Crippen LogP contribution in [0.15, 0.2) is 18.2 Å². The van der Waals surface area contributed by atoms with Gasteiger partial charge < -0.3 is 10.0 Å². The van der Waals surface area contributed by atoms with Gasteiger partial charge in [-0.05, 0) is 44.8 Å². The highest BCUT2D eigenvalue weighted by Gasteiger charge is 2.08. The predicted octanol–water partition coefficient (Wildman–Crippen LogP) is 1.94. The largest absolute Gasteiger partial charge is 0.384 e. The molecule has 4 heteroatoms. The maximum absolute atomic E-state index is 13.6. The van der Waals surface area contributed by atoms with E-state index in [4.69, 9.17) is 5.11 Å². The number of hydrogen-bond acceptors (Lipinski definition) is 3. The van der Waals surface area contributed by atoms with Gasteiger partial charge in [0.05, 0.1) is 5.56 Å². The lowest BCUT2D eigenvalue weighted by atomic mass is 10.1. The maximum Gasteiger partial charge on any atom is 0.138 e. The average Bonchev–Trinajstić information content (AvgIpc) is 2.45. The predicted molar refractivity (Wildman–Crippen MR) is 84.5 cm³/mol. The van der Waals surface area contributed by atoms with E-state index in [1.165, 1.54) is 6.07 Å². The molecule has 0 saturated carbocycles. The molecule has 0 amide bonds. The third-order valence-electron chi connectivity index (χ3n) is 3.14. The van der Waals surface area contributed by atoms with Crippen LogP contribution in [-0.4, -0.2) is 55.2 Å². The van der Waals surface area contributed by atoms with Gasteiger partial charge in [-0.3, -0.25) is 4.90 Å². The van der Waals surface area contributed by atoms with Crippen LogP contribution >= 0.6 is 0 Å². The number of likely N-dealkylation sites (N-methyl/N-ethyl adjacent to an activating group) is 1. The minimum absolute atomic E-state index is 0.255. The van der Waals surface area contributed by atoms with Crippen molar-refractivity contribution < 1.29 is 9.50 Å². The van der Waals surface area contributed by atoms with Gasteiger partial charge in [-0.2, -0.15) is 0 Å². The number of halogens is 1. The summed E-state index contributed by atoms with van der Waals surface area (Å²) in [7, 11) is 4.12. The molecule has 3 nitrogen and oxygen atoms in total. The van der Waals surface area contributed by atoms with Crippen molar-refractivity contribution >= 4 is 0 Å². The fourth-order valence-electron chi connectivity index (χ4n) is 2.09. The van der Waals surface area contributed by atoms with Crippen LogP contribution in [-0.2, 0) is 6.54 Å². The van der Waals surface area contributed by atoms with E-state index in [9.17, 15) is 4.39 Å². The number of rotatable bonds is 7. The zero-order valence-corrected chi connectivity index (χ0v) is 13.2. The summed E-state index contributed by atoms with van der Waals surface area (Å²) in [5.41, 5.74) is 1.40. The lowest BCUT2D eigenvalue weighted by Gasteiger charge is -2.23. The zero-order valence-electron chi connectivity index (χ0n) is 13.2. The normalized spacial score (nSPS) is 10.8. The van der Waals surface area contributed by atoms with Crippen LogP contribution in [0.4, 0.5) is 4.39 Å². The van der Waals surface area contributed by atoms with Crippen molar-refractivity contribution in [2.45, 2.75) is 19.9 Å². The molecule has 0 fully saturated rings. The minimum Gasteiger partial charge on any atom is -0.384 e.